The summed E-state index contributed by atoms with van der Waals surface area (Å²) in [5.41, 5.74) is 0.723. The lowest BCUT2D eigenvalue weighted by Gasteiger charge is -2.20. The Hall–Kier alpha value is -1.70. The topological polar surface area (TPSA) is 85.1 Å². The first kappa shape index (κ1) is 16.4. The molecule has 1 atom stereocenters. The monoisotopic (exact) mass is 284 g/mol. The van der Waals surface area contributed by atoms with Crippen molar-refractivity contribution in [3.05, 3.63) is 33.9 Å². The Labute approximate surface area is 117 Å². The minimum Gasteiger partial charge on any atom is -0.490 e. The zero-order chi connectivity index (χ0) is 15.1. The van der Waals surface area contributed by atoms with Gasteiger partial charge in [0.1, 0.15) is 0 Å². The molecule has 7 nitrogen and oxygen atoms in total. The molecule has 0 saturated heterocycles. The average Bonchev–Trinajstić information content (AvgIpc) is 2.38. The number of likely N-dealkylation sites (N-methyl/N-ethyl adjacent to an activating group) is 1. The van der Waals surface area contributed by atoms with E-state index in [4.69, 9.17) is 9.47 Å². The number of rotatable bonds is 8. The number of nitro benzene ring substituents is 1. The van der Waals surface area contributed by atoms with Crippen LogP contribution in [0.5, 0.6) is 5.75 Å². The largest absolute Gasteiger partial charge is 0.490 e. The van der Waals surface area contributed by atoms with E-state index in [2.05, 4.69) is 0 Å². The van der Waals surface area contributed by atoms with Gasteiger partial charge in [-0.2, -0.15) is 0 Å². The van der Waals surface area contributed by atoms with Gasteiger partial charge in [-0.05, 0) is 18.7 Å². The van der Waals surface area contributed by atoms with Gasteiger partial charge in [-0.25, -0.2) is 0 Å². The van der Waals surface area contributed by atoms with Gasteiger partial charge in [-0.1, -0.05) is 6.07 Å². The van der Waals surface area contributed by atoms with Crippen molar-refractivity contribution < 1.29 is 19.5 Å². The standard InChI is InChI=1S/C13H20N2O5/c1-14(8-11(16)9-19-2)7-10-4-5-13(20-3)12(6-10)15(17)18/h4-6,11,16H,7-9H2,1-3H3. The number of aliphatic hydroxyl groups is 1. The van der Waals surface area contributed by atoms with Crippen LogP contribution in [0.2, 0.25) is 0 Å². The molecule has 112 valence electrons. The molecular weight excluding hydrogens is 264 g/mol. The quantitative estimate of drug-likeness (QED) is 0.567. The van der Waals surface area contributed by atoms with Gasteiger partial charge in [0.2, 0.25) is 0 Å². The van der Waals surface area contributed by atoms with Crippen LogP contribution in [0.25, 0.3) is 0 Å². The number of hydrogen-bond acceptors (Lipinski definition) is 6. The van der Waals surface area contributed by atoms with Crippen molar-refractivity contribution in [2.75, 3.05) is 34.4 Å². The van der Waals surface area contributed by atoms with Crippen molar-refractivity contribution in [3.8, 4) is 5.75 Å². The summed E-state index contributed by atoms with van der Waals surface area (Å²) in [6, 6.07) is 4.83. The molecule has 0 fully saturated rings. The van der Waals surface area contributed by atoms with Gasteiger partial charge in [-0.3, -0.25) is 15.0 Å². The normalized spacial score (nSPS) is 12.4. The maximum atomic E-state index is 10.9. The molecule has 0 aliphatic heterocycles. The van der Waals surface area contributed by atoms with Crippen molar-refractivity contribution in [1.82, 2.24) is 4.90 Å². The number of aliphatic hydroxyl groups excluding tert-OH is 1. The molecule has 1 aromatic carbocycles. The van der Waals surface area contributed by atoms with Crippen molar-refractivity contribution in [1.29, 1.82) is 0 Å². The summed E-state index contributed by atoms with van der Waals surface area (Å²) in [4.78, 5) is 12.3. The van der Waals surface area contributed by atoms with Crippen molar-refractivity contribution in [2.24, 2.45) is 0 Å². The van der Waals surface area contributed by atoms with E-state index in [0.29, 0.717) is 13.1 Å². The van der Waals surface area contributed by atoms with E-state index in [-0.39, 0.29) is 18.0 Å². The molecule has 0 bridgehead atoms. The lowest BCUT2D eigenvalue weighted by atomic mass is 10.1. The molecule has 1 unspecified atom stereocenters. The molecular formula is C13H20N2O5. The molecule has 7 heteroatoms. The highest BCUT2D eigenvalue weighted by atomic mass is 16.6. The third kappa shape index (κ3) is 4.76. The molecule has 20 heavy (non-hydrogen) atoms. The molecule has 1 N–H and O–H groups in total. The summed E-state index contributed by atoms with van der Waals surface area (Å²) in [6.07, 6.45) is -0.585. The molecule has 0 aromatic heterocycles. The van der Waals surface area contributed by atoms with Crippen LogP contribution < -0.4 is 4.74 Å². The smallest absolute Gasteiger partial charge is 0.311 e. The summed E-state index contributed by atoms with van der Waals surface area (Å²) >= 11 is 0. The zero-order valence-corrected chi connectivity index (χ0v) is 11.9. The van der Waals surface area contributed by atoms with Gasteiger partial charge < -0.3 is 14.6 Å². The third-order valence-electron chi connectivity index (χ3n) is 2.77. The number of benzene rings is 1. The second-order valence-electron chi connectivity index (χ2n) is 4.57. The van der Waals surface area contributed by atoms with Crippen LogP contribution in [0.4, 0.5) is 5.69 Å². The van der Waals surface area contributed by atoms with Crippen LogP contribution in [-0.2, 0) is 11.3 Å². The van der Waals surface area contributed by atoms with Gasteiger partial charge in [0, 0.05) is 26.3 Å². The van der Waals surface area contributed by atoms with E-state index in [0.717, 1.165) is 5.56 Å². The lowest BCUT2D eigenvalue weighted by Crippen LogP contribution is -2.31. The van der Waals surface area contributed by atoms with E-state index in [1.54, 1.807) is 12.1 Å². The third-order valence-corrected chi connectivity index (χ3v) is 2.77. The van der Waals surface area contributed by atoms with Gasteiger partial charge >= 0.3 is 5.69 Å². The van der Waals surface area contributed by atoms with E-state index >= 15 is 0 Å². The number of methoxy groups -OCH3 is 2. The van der Waals surface area contributed by atoms with Crippen LogP contribution in [0.15, 0.2) is 18.2 Å². The highest BCUT2D eigenvalue weighted by Crippen LogP contribution is 2.27. The summed E-state index contributed by atoms with van der Waals surface area (Å²) in [5.74, 6) is 0.237. The van der Waals surface area contributed by atoms with Crippen LogP contribution >= 0.6 is 0 Å². The first-order valence-electron chi connectivity index (χ1n) is 6.14. The Morgan fingerprint density at radius 1 is 1.45 bits per heavy atom. The fourth-order valence-corrected chi connectivity index (χ4v) is 1.96. The van der Waals surface area contributed by atoms with Crippen LogP contribution in [-0.4, -0.2) is 55.5 Å². The Bertz CT molecular complexity index is 452. The summed E-state index contributed by atoms with van der Waals surface area (Å²) in [5, 5.41) is 20.6. The second kappa shape index (κ2) is 7.78. The number of ether oxygens (including phenoxy) is 2. The molecule has 0 amide bonds. The Balaban J connectivity index is 2.72. The highest BCUT2D eigenvalue weighted by Gasteiger charge is 2.16. The first-order chi connectivity index (χ1) is 9.47. The minimum atomic E-state index is -0.585. The van der Waals surface area contributed by atoms with Gasteiger partial charge in [-0.15, -0.1) is 0 Å². The SMILES string of the molecule is COCC(O)CN(C)Cc1ccc(OC)c([N+](=O)[O-])c1. The molecule has 0 aliphatic carbocycles. The van der Waals surface area contributed by atoms with Gasteiger partial charge in [0.25, 0.3) is 0 Å². The Kier molecular flexibility index (Phi) is 6.37. The number of nitro groups is 1. The fraction of sp³-hybridized carbons (Fsp3) is 0.538. The van der Waals surface area contributed by atoms with Crippen LogP contribution in [0.3, 0.4) is 0 Å². The fourth-order valence-electron chi connectivity index (χ4n) is 1.96. The van der Waals surface area contributed by atoms with Crippen LogP contribution in [0.1, 0.15) is 5.56 Å². The van der Waals surface area contributed by atoms with E-state index < -0.39 is 11.0 Å². The molecule has 1 aromatic rings. The minimum absolute atomic E-state index is 0.0594. The van der Waals surface area contributed by atoms with Gasteiger partial charge in [0.15, 0.2) is 5.75 Å². The maximum absolute atomic E-state index is 10.9. The summed E-state index contributed by atoms with van der Waals surface area (Å²) in [7, 11) is 4.75. The number of hydrogen-bond donors (Lipinski definition) is 1. The van der Waals surface area contributed by atoms with E-state index in [1.807, 2.05) is 11.9 Å². The van der Waals surface area contributed by atoms with E-state index in [1.165, 1.54) is 20.3 Å². The molecule has 0 saturated carbocycles. The van der Waals surface area contributed by atoms with Gasteiger partial charge in [0.05, 0.1) is 24.7 Å². The Morgan fingerprint density at radius 2 is 2.15 bits per heavy atom. The molecule has 0 spiro atoms. The number of nitrogens with zero attached hydrogens (tertiary/aromatic N) is 2. The maximum Gasteiger partial charge on any atom is 0.311 e. The molecule has 0 aliphatic rings. The van der Waals surface area contributed by atoms with Crippen molar-refractivity contribution in [3.63, 3.8) is 0 Å². The average molecular weight is 284 g/mol. The predicted molar refractivity (Wildman–Crippen MR) is 73.9 cm³/mol. The second-order valence-corrected chi connectivity index (χ2v) is 4.57. The predicted octanol–water partition coefficient (Wildman–Crippen LogP) is 1.04. The Morgan fingerprint density at radius 3 is 2.70 bits per heavy atom. The summed E-state index contributed by atoms with van der Waals surface area (Å²) < 4.78 is 9.80. The lowest BCUT2D eigenvalue weighted by molar-refractivity contribution is -0.385. The molecule has 0 radical (unpaired) electrons. The first-order valence-corrected chi connectivity index (χ1v) is 6.14. The highest BCUT2D eigenvalue weighted by molar-refractivity contribution is 5.48. The molecule has 1 rings (SSSR count). The van der Waals surface area contributed by atoms with Crippen molar-refractivity contribution in [2.45, 2.75) is 12.6 Å². The molecule has 0 heterocycles. The van der Waals surface area contributed by atoms with E-state index in [9.17, 15) is 15.2 Å². The zero-order valence-electron chi connectivity index (χ0n) is 11.9. The van der Waals surface area contributed by atoms with Crippen LogP contribution in [0, 0.1) is 10.1 Å². The van der Waals surface area contributed by atoms with Crippen molar-refractivity contribution >= 4 is 5.69 Å². The summed E-state index contributed by atoms with van der Waals surface area (Å²) in [6.45, 7) is 1.17.